The fourth-order valence-electron chi connectivity index (χ4n) is 2.20. The minimum absolute atomic E-state index is 0.229. The molecule has 148 valence electrons. The Morgan fingerprint density at radius 1 is 1.04 bits per heavy atom. The number of aliphatic imine (C=N–C) groups is 1. The van der Waals surface area contributed by atoms with E-state index in [2.05, 4.69) is 14.7 Å². The summed E-state index contributed by atoms with van der Waals surface area (Å²) in [7, 11) is 0. The van der Waals surface area contributed by atoms with Crippen molar-refractivity contribution < 1.29 is 44.3 Å². The zero-order valence-electron chi connectivity index (χ0n) is 12.5. The number of benzene rings is 1. The highest BCUT2D eigenvalue weighted by molar-refractivity contribution is 7.22. The smallest absolute Gasteiger partial charge is 0.382 e. The maximum absolute atomic E-state index is 14.2. The van der Waals surface area contributed by atoms with Crippen molar-refractivity contribution in [3.63, 3.8) is 0 Å². The third kappa shape index (κ3) is 2.42. The third-order valence-corrected chi connectivity index (χ3v) is 4.59. The molecule has 1 fully saturated rings. The Morgan fingerprint density at radius 2 is 1.63 bits per heavy atom. The SMILES string of the molecule is N/C(=N/c1nc2ccccc2s1)C(F)(F)C1(F)OC(F)(F)C(F)(F)C1(F)F. The highest BCUT2D eigenvalue weighted by Gasteiger charge is 2.95. The van der Waals surface area contributed by atoms with Crippen LogP contribution in [0.15, 0.2) is 29.3 Å². The Bertz CT molecular complexity index is 896. The van der Waals surface area contributed by atoms with Crippen LogP contribution in [0.2, 0.25) is 0 Å². The molecular weight excluding hydrogens is 417 g/mol. The van der Waals surface area contributed by atoms with Gasteiger partial charge in [-0.1, -0.05) is 23.5 Å². The van der Waals surface area contributed by atoms with Gasteiger partial charge in [-0.15, -0.1) is 0 Å². The lowest BCUT2D eigenvalue weighted by Crippen LogP contribution is -2.64. The van der Waals surface area contributed by atoms with Gasteiger partial charge < -0.3 is 5.73 Å². The lowest BCUT2D eigenvalue weighted by atomic mass is 9.99. The van der Waals surface area contributed by atoms with Crippen molar-refractivity contribution >= 4 is 32.5 Å². The molecule has 14 heteroatoms. The highest BCUT2D eigenvalue weighted by atomic mass is 32.1. The van der Waals surface area contributed by atoms with E-state index in [9.17, 15) is 39.5 Å². The molecule has 2 N–H and O–H groups in total. The molecule has 1 aliphatic heterocycles. The fourth-order valence-corrected chi connectivity index (χ4v) is 3.05. The summed E-state index contributed by atoms with van der Waals surface area (Å²) in [5.41, 5.74) is 5.02. The first kappa shape index (κ1) is 19.7. The normalized spacial score (nSPS) is 27.2. The molecule has 1 saturated heterocycles. The van der Waals surface area contributed by atoms with Gasteiger partial charge in [0.15, 0.2) is 5.84 Å². The molecule has 1 unspecified atom stereocenters. The van der Waals surface area contributed by atoms with Crippen LogP contribution < -0.4 is 5.73 Å². The number of fused-ring (bicyclic) bond motifs is 1. The van der Waals surface area contributed by atoms with E-state index >= 15 is 0 Å². The Hall–Kier alpha value is -2.09. The van der Waals surface area contributed by atoms with Crippen LogP contribution in [0.3, 0.4) is 0 Å². The van der Waals surface area contributed by atoms with Crippen LogP contribution in [0.5, 0.6) is 0 Å². The van der Waals surface area contributed by atoms with Crippen molar-refractivity contribution in [3.05, 3.63) is 24.3 Å². The van der Waals surface area contributed by atoms with E-state index in [4.69, 9.17) is 5.73 Å². The molecule has 0 amide bonds. The lowest BCUT2D eigenvalue weighted by Gasteiger charge is -2.32. The fraction of sp³-hybridized carbons (Fsp3) is 0.385. The Morgan fingerprint density at radius 3 is 2.15 bits per heavy atom. The van der Waals surface area contributed by atoms with Crippen molar-refractivity contribution in [1.82, 2.24) is 4.98 Å². The molecule has 1 aromatic carbocycles. The molecule has 2 heterocycles. The van der Waals surface area contributed by atoms with Crippen LogP contribution in [0.4, 0.5) is 44.6 Å². The van der Waals surface area contributed by atoms with Crippen LogP contribution in [-0.2, 0) is 4.74 Å². The van der Waals surface area contributed by atoms with Crippen molar-refractivity contribution in [2.24, 2.45) is 10.7 Å². The molecule has 0 saturated carbocycles. The summed E-state index contributed by atoms with van der Waals surface area (Å²) in [6.45, 7) is 0. The molecule has 0 radical (unpaired) electrons. The summed E-state index contributed by atoms with van der Waals surface area (Å²) in [6, 6.07) is 5.96. The van der Waals surface area contributed by atoms with Crippen LogP contribution >= 0.6 is 11.3 Å². The van der Waals surface area contributed by atoms with Gasteiger partial charge in [0.2, 0.25) is 5.13 Å². The second kappa shape index (κ2) is 5.47. The van der Waals surface area contributed by atoms with Crippen LogP contribution in [-0.4, -0.2) is 40.6 Å². The van der Waals surface area contributed by atoms with E-state index in [1.807, 2.05) is 0 Å². The Kier molecular flexibility index (Phi) is 3.98. The number of para-hydroxylation sites is 1. The molecule has 1 aliphatic rings. The molecule has 1 aromatic heterocycles. The number of aromatic nitrogens is 1. The maximum Gasteiger partial charge on any atom is 0.428 e. The highest BCUT2D eigenvalue weighted by Crippen LogP contribution is 2.64. The molecule has 4 nitrogen and oxygen atoms in total. The number of hydrogen-bond donors (Lipinski definition) is 1. The summed E-state index contributed by atoms with van der Waals surface area (Å²) in [5.74, 6) is -27.5. The summed E-state index contributed by atoms with van der Waals surface area (Å²) in [5, 5.41) is -0.572. The zero-order valence-corrected chi connectivity index (χ0v) is 13.3. The molecule has 2 aromatic rings. The lowest BCUT2D eigenvalue weighted by molar-refractivity contribution is -0.362. The Balaban J connectivity index is 2.06. The van der Waals surface area contributed by atoms with Crippen molar-refractivity contribution in [3.8, 4) is 0 Å². The molecular formula is C13H6F9N3OS. The number of thiazole rings is 1. The number of halogens is 9. The first-order valence-corrected chi connectivity index (χ1v) is 7.59. The third-order valence-electron chi connectivity index (χ3n) is 3.66. The van der Waals surface area contributed by atoms with Gasteiger partial charge in [-0.3, -0.25) is 4.74 Å². The van der Waals surface area contributed by atoms with Crippen LogP contribution in [0, 0.1) is 0 Å². The predicted octanol–water partition coefficient (Wildman–Crippen LogP) is 4.48. The monoisotopic (exact) mass is 423 g/mol. The second-order valence-electron chi connectivity index (χ2n) is 5.40. The summed E-state index contributed by atoms with van der Waals surface area (Å²) in [6.07, 6.45) is -6.22. The average molecular weight is 423 g/mol. The number of nitrogens with zero attached hydrogens (tertiary/aromatic N) is 2. The van der Waals surface area contributed by atoms with Crippen molar-refractivity contribution in [2.45, 2.75) is 29.7 Å². The van der Waals surface area contributed by atoms with E-state index in [1.54, 1.807) is 6.07 Å². The largest absolute Gasteiger partial charge is 0.428 e. The number of nitrogens with two attached hydrogens (primary N) is 1. The molecule has 0 spiro atoms. The van der Waals surface area contributed by atoms with Gasteiger partial charge in [0.25, 0.3) is 0 Å². The molecule has 1 atom stereocenters. The average Bonchev–Trinajstić information content (AvgIpc) is 2.98. The van der Waals surface area contributed by atoms with Gasteiger partial charge >= 0.3 is 29.7 Å². The van der Waals surface area contributed by atoms with Crippen molar-refractivity contribution in [1.29, 1.82) is 0 Å². The number of alkyl halides is 9. The Labute approximate surface area is 147 Å². The zero-order chi connectivity index (χ0) is 20.5. The summed E-state index contributed by atoms with van der Waals surface area (Å²) >= 11 is 0.624. The molecule has 0 bridgehead atoms. The first-order valence-electron chi connectivity index (χ1n) is 6.78. The second-order valence-corrected chi connectivity index (χ2v) is 6.41. The van der Waals surface area contributed by atoms with Gasteiger partial charge in [0.05, 0.1) is 10.2 Å². The quantitative estimate of drug-likeness (QED) is 0.450. The van der Waals surface area contributed by atoms with Gasteiger partial charge in [-0.25, -0.2) is 4.98 Å². The van der Waals surface area contributed by atoms with E-state index in [0.29, 0.717) is 16.0 Å². The number of rotatable bonds is 3. The van der Waals surface area contributed by atoms with Gasteiger partial charge in [0, 0.05) is 0 Å². The van der Waals surface area contributed by atoms with Crippen molar-refractivity contribution in [2.75, 3.05) is 0 Å². The topological polar surface area (TPSA) is 60.5 Å². The molecule has 0 aliphatic carbocycles. The minimum atomic E-state index is -6.62. The van der Waals surface area contributed by atoms with E-state index in [-0.39, 0.29) is 5.52 Å². The van der Waals surface area contributed by atoms with Gasteiger partial charge in [0.1, 0.15) is 0 Å². The van der Waals surface area contributed by atoms with Crippen LogP contribution in [0.25, 0.3) is 10.2 Å². The number of hydrogen-bond acceptors (Lipinski definition) is 4. The van der Waals surface area contributed by atoms with Gasteiger partial charge in [-0.2, -0.15) is 44.5 Å². The summed E-state index contributed by atoms with van der Waals surface area (Å²) < 4.78 is 124. The molecule has 27 heavy (non-hydrogen) atoms. The van der Waals surface area contributed by atoms with E-state index in [1.165, 1.54) is 18.2 Å². The van der Waals surface area contributed by atoms with E-state index < -0.39 is 40.7 Å². The minimum Gasteiger partial charge on any atom is -0.382 e. The predicted molar refractivity (Wildman–Crippen MR) is 75.6 cm³/mol. The maximum atomic E-state index is 14.2. The standard InChI is InChI=1S/C13H6F9N3OS/c14-9(15,12(20)10(16,17)11(18,19)13(21,22)26-12)7(23)25-8-24-5-3-1-2-4-6(5)27-8/h1-4H,(H2,23,24,25). The van der Waals surface area contributed by atoms with Gasteiger partial charge in [-0.05, 0) is 12.1 Å². The first-order chi connectivity index (χ1) is 12.2. The molecule has 3 rings (SSSR count). The van der Waals surface area contributed by atoms with Crippen LogP contribution in [0.1, 0.15) is 0 Å². The summed E-state index contributed by atoms with van der Waals surface area (Å²) in [4.78, 5) is 6.61. The van der Waals surface area contributed by atoms with E-state index in [0.717, 1.165) is 0 Å². The number of amidine groups is 1. The number of ether oxygens (including phenoxy) is 1.